The molecule has 1 heterocycles. The molecule has 0 aliphatic rings. The Kier molecular flexibility index (Phi) is 2.57. The second-order valence-corrected chi connectivity index (χ2v) is 3.63. The summed E-state index contributed by atoms with van der Waals surface area (Å²) < 4.78 is 39.9. The van der Waals surface area contributed by atoms with E-state index in [0.717, 1.165) is 6.07 Å². The van der Waals surface area contributed by atoms with Crippen molar-refractivity contribution < 1.29 is 13.2 Å². The van der Waals surface area contributed by atoms with Crippen molar-refractivity contribution in [2.75, 3.05) is 5.73 Å². The van der Waals surface area contributed by atoms with Crippen LogP contribution in [-0.4, -0.2) is 9.55 Å². The SMILES string of the molecule is Cn1cnc(-c2ccccc2C(F)(F)F)c1N. The fourth-order valence-corrected chi connectivity index (χ4v) is 1.58. The van der Waals surface area contributed by atoms with E-state index in [-0.39, 0.29) is 17.1 Å². The minimum absolute atomic E-state index is 0.00176. The molecule has 2 rings (SSSR count). The number of nitrogen functional groups attached to an aromatic ring is 1. The number of nitrogens with two attached hydrogens (primary N) is 1. The van der Waals surface area contributed by atoms with Gasteiger partial charge in [-0.05, 0) is 6.07 Å². The molecule has 0 radical (unpaired) electrons. The van der Waals surface area contributed by atoms with Crippen molar-refractivity contribution in [3.63, 3.8) is 0 Å². The Balaban J connectivity index is 2.64. The maximum absolute atomic E-state index is 12.8. The van der Waals surface area contributed by atoms with Crippen LogP contribution in [0.1, 0.15) is 5.56 Å². The minimum atomic E-state index is -4.42. The van der Waals surface area contributed by atoms with Gasteiger partial charge in [0, 0.05) is 12.6 Å². The zero-order chi connectivity index (χ0) is 12.6. The molecule has 90 valence electrons. The number of hydrogen-bond donors (Lipinski definition) is 1. The summed E-state index contributed by atoms with van der Waals surface area (Å²) in [6.07, 6.45) is -3.03. The van der Waals surface area contributed by atoms with Gasteiger partial charge in [0.15, 0.2) is 0 Å². The Labute approximate surface area is 95.7 Å². The van der Waals surface area contributed by atoms with Gasteiger partial charge in [0.05, 0.1) is 11.9 Å². The maximum atomic E-state index is 12.8. The number of aromatic nitrogens is 2. The first kappa shape index (κ1) is 11.5. The Morgan fingerprint density at radius 2 is 1.88 bits per heavy atom. The molecule has 0 amide bonds. The van der Waals surface area contributed by atoms with E-state index >= 15 is 0 Å². The number of anilines is 1. The molecule has 0 fully saturated rings. The highest BCUT2D eigenvalue weighted by molar-refractivity contribution is 5.73. The molecule has 0 atom stereocenters. The van der Waals surface area contributed by atoms with Crippen LogP contribution in [0, 0.1) is 0 Å². The summed E-state index contributed by atoms with van der Waals surface area (Å²) in [7, 11) is 1.63. The molecule has 0 saturated carbocycles. The monoisotopic (exact) mass is 241 g/mol. The molecule has 0 aliphatic heterocycles. The number of aryl methyl sites for hydroxylation is 1. The summed E-state index contributed by atoms with van der Waals surface area (Å²) in [5, 5.41) is 0. The molecule has 0 unspecified atom stereocenters. The second-order valence-electron chi connectivity index (χ2n) is 3.63. The lowest BCUT2D eigenvalue weighted by Crippen LogP contribution is -2.07. The third-order valence-corrected chi connectivity index (χ3v) is 2.47. The lowest BCUT2D eigenvalue weighted by atomic mass is 10.0. The van der Waals surface area contributed by atoms with Gasteiger partial charge < -0.3 is 10.3 Å². The summed E-state index contributed by atoms with van der Waals surface area (Å²) >= 11 is 0. The van der Waals surface area contributed by atoms with Gasteiger partial charge >= 0.3 is 6.18 Å². The van der Waals surface area contributed by atoms with E-state index in [4.69, 9.17) is 5.73 Å². The van der Waals surface area contributed by atoms with Crippen molar-refractivity contribution in [3.05, 3.63) is 36.2 Å². The summed E-state index contributed by atoms with van der Waals surface area (Å²) in [5.74, 6) is 0.210. The van der Waals surface area contributed by atoms with Crippen LogP contribution in [0.25, 0.3) is 11.3 Å². The molecular formula is C11H10F3N3. The third-order valence-electron chi connectivity index (χ3n) is 2.47. The Morgan fingerprint density at radius 1 is 1.24 bits per heavy atom. The molecule has 0 aliphatic carbocycles. The van der Waals surface area contributed by atoms with Crippen LogP contribution in [0.3, 0.4) is 0 Å². The Hall–Kier alpha value is -1.98. The average molecular weight is 241 g/mol. The summed E-state index contributed by atoms with van der Waals surface area (Å²) in [6.45, 7) is 0. The fourth-order valence-electron chi connectivity index (χ4n) is 1.58. The Bertz CT molecular complexity index is 543. The van der Waals surface area contributed by atoms with Gasteiger partial charge in [0.1, 0.15) is 11.5 Å². The summed E-state index contributed by atoms with van der Waals surface area (Å²) in [4.78, 5) is 3.90. The van der Waals surface area contributed by atoms with E-state index < -0.39 is 11.7 Å². The molecule has 3 nitrogen and oxygen atoms in total. The highest BCUT2D eigenvalue weighted by atomic mass is 19.4. The van der Waals surface area contributed by atoms with Crippen molar-refractivity contribution >= 4 is 5.82 Å². The molecule has 0 saturated heterocycles. The first-order valence-electron chi connectivity index (χ1n) is 4.84. The van der Waals surface area contributed by atoms with Gasteiger partial charge in [-0.1, -0.05) is 18.2 Å². The van der Waals surface area contributed by atoms with Crippen molar-refractivity contribution in [1.82, 2.24) is 9.55 Å². The van der Waals surface area contributed by atoms with Crippen LogP contribution in [0.2, 0.25) is 0 Å². The number of imidazole rings is 1. The fraction of sp³-hybridized carbons (Fsp3) is 0.182. The molecular weight excluding hydrogens is 231 g/mol. The topological polar surface area (TPSA) is 43.8 Å². The smallest absolute Gasteiger partial charge is 0.383 e. The first-order chi connectivity index (χ1) is 7.91. The van der Waals surface area contributed by atoms with E-state index in [1.807, 2.05) is 0 Å². The quantitative estimate of drug-likeness (QED) is 0.834. The van der Waals surface area contributed by atoms with Gasteiger partial charge in [-0.15, -0.1) is 0 Å². The van der Waals surface area contributed by atoms with Gasteiger partial charge in [-0.2, -0.15) is 13.2 Å². The summed E-state index contributed by atoms with van der Waals surface area (Å²) in [5.41, 5.74) is 5.10. The zero-order valence-electron chi connectivity index (χ0n) is 8.99. The van der Waals surface area contributed by atoms with Crippen LogP contribution < -0.4 is 5.73 Å². The predicted octanol–water partition coefficient (Wildman–Crippen LogP) is 2.69. The molecule has 17 heavy (non-hydrogen) atoms. The van der Waals surface area contributed by atoms with Crippen LogP contribution >= 0.6 is 0 Å². The van der Waals surface area contributed by atoms with Crippen molar-refractivity contribution in [2.45, 2.75) is 6.18 Å². The highest BCUT2D eigenvalue weighted by Crippen LogP contribution is 2.37. The normalized spacial score (nSPS) is 11.8. The Morgan fingerprint density at radius 3 is 2.41 bits per heavy atom. The molecule has 1 aromatic heterocycles. The number of nitrogens with zero attached hydrogens (tertiary/aromatic N) is 2. The van der Waals surface area contributed by atoms with Crippen LogP contribution in [0.4, 0.5) is 19.0 Å². The van der Waals surface area contributed by atoms with Gasteiger partial charge in [-0.3, -0.25) is 0 Å². The summed E-state index contributed by atoms with van der Waals surface area (Å²) in [6, 6.07) is 5.25. The van der Waals surface area contributed by atoms with E-state index in [1.54, 1.807) is 7.05 Å². The molecule has 2 aromatic rings. The molecule has 1 aromatic carbocycles. The molecule has 0 bridgehead atoms. The van der Waals surface area contributed by atoms with E-state index in [1.165, 1.54) is 29.1 Å². The number of alkyl halides is 3. The maximum Gasteiger partial charge on any atom is 0.417 e. The second kappa shape index (κ2) is 3.80. The van der Waals surface area contributed by atoms with Crippen LogP contribution in [0.15, 0.2) is 30.6 Å². The van der Waals surface area contributed by atoms with Gasteiger partial charge in [0.2, 0.25) is 0 Å². The number of hydrogen-bond acceptors (Lipinski definition) is 2. The van der Waals surface area contributed by atoms with Crippen molar-refractivity contribution in [2.24, 2.45) is 7.05 Å². The van der Waals surface area contributed by atoms with Crippen LogP contribution in [0.5, 0.6) is 0 Å². The average Bonchev–Trinajstić information content (AvgIpc) is 2.59. The van der Waals surface area contributed by atoms with Crippen molar-refractivity contribution in [1.29, 1.82) is 0 Å². The van der Waals surface area contributed by atoms with Gasteiger partial charge in [0.25, 0.3) is 0 Å². The highest BCUT2D eigenvalue weighted by Gasteiger charge is 2.34. The lowest BCUT2D eigenvalue weighted by Gasteiger charge is -2.11. The van der Waals surface area contributed by atoms with E-state index in [9.17, 15) is 13.2 Å². The largest absolute Gasteiger partial charge is 0.417 e. The lowest BCUT2D eigenvalue weighted by molar-refractivity contribution is -0.137. The van der Waals surface area contributed by atoms with E-state index in [0.29, 0.717) is 0 Å². The number of benzene rings is 1. The predicted molar refractivity (Wildman–Crippen MR) is 58.1 cm³/mol. The zero-order valence-corrected chi connectivity index (χ0v) is 8.99. The first-order valence-corrected chi connectivity index (χ1v) is 4.84. The minimum Gasteiger partial charge on any atom is -0.383 e. The number of halogens is 3. The number of rotatable bonds is 1. The molecule has 2 N–H and O–H groups in total. The van der Waals surface area contributed by atoms with Gasteiger partial charge in [-0.25, -0.2) is 4.98 Å². The van der Waals surface area contributed by atoms with Crippen LogP contribution in [-0.2, 0) is 13.2 Å². The van der Waals surface area contributed by atoms with E-state index in [2.05, 4.69) is 4.98 Å². The third kappa shape index (κ3) is 1.98. The standard InChI is InChI=1S/C11H10F3N3/c1-17-6-16-9(10(17)15)7-4-2-3-5-8(7)11(12,13)14/h2-6H,15H2,1H3. The molecule has 6 heteroatoms. The van der Waals surface area contributed by atoms with Crippen molar-refractivity contribution in [3.8, 4) is 11.3 Å². The molecule has 0 spiro atoms.